The Hall–Kier alpha value is -3.43. The second-order valence-corrected chi connectivity index (χ2v) is 7.05. The third kappa shape index (κ3) is 5.79. The SMILES string of the molecule is CC(=O)Nc1ccc(NC(=O)CN2C[C@@H](O)[C@H](Oc3ccc(C(=O)O)cc3)C2)cc1. The Morgan fingerprint density at radius 3 is 2.17 bits per heavy atom. The number of nitrogens with zero attached hydrogens (tertiary/aromatic N) is 1. The van der Waals surface area contributed by atoms with Crippen molar-refractivity contribution >= 4 is 29.2 Å². The number of nitrogens with one attached hydrogen (secondary N) is 2. The van der Waals surface area contributed by atoms with Gasteiger partial charge in [0.1, 0.15) is 18.0 Å². The fourth-order valence-corrected chi connectivity index (χ4v) is 3.17. The minimum atomic E-state index is -1.02. The van der Waals surface area contributed by atoms with Gasteiger partial charge >= 0.3 is 5.97 Å². The van der Waals surface area contributed by atoms with E-state index >= 15 is 0 Å². The number of carbonyl (C=O) groups excluding carboxylic acids is 2. The molecule has 0 spiro atoms. The van der Waals surface area contributed by atoms with Crippen LogP contribution in [-0.4, -0.2) is 64.7 Å². The molecule has 0 radical (unpaired) electrons. The van der Waals surface area contributed by atoms with Crippen LogP contribution in [0, 0.1) is 0 Å². The molecule has 9 nitrogen and oxygen atoms in total. The predicted molar refractivity (Wildman–Crippen MR) is 110 cm³/mol. The molecule has 0 aliphatic carbocycles. The van der Waals surface area contributed by atoms with Gasteiger partial charge in [0.2, 0.25) is 11.8 Å². The zero-order valence-corrected chi connectivity index (χ0v) is 16.4. The molecule has 2 aromatic carbocycles. The smallest absolute Gasteiger partial charge is 0.335 e. The van der Waals surface area contributed by atoms with Crippen LogP contribution in [0.25, 0.3) is 0 Å². The largest absolute Gasteiger partial charge is 0.486 e. The molecule has 30 heavy (non-hydrogen) atoms. The van der Waals surface area contributed by atoms with E-state index in [4.69, 9.17) is 9.84 Å². The molecule has 158 valence electrons. The van der Waals surface area contributed by atoms with Crippen molar-refractivity contribution in [1.82, 2.24) is 4.90 Å². The summed E-state index contributed by atoms with van der Waals surface area (Å²) in [6.45, 7) is 2.15. The first kappa shape index (κ1) is 21.3. The summed E-state index contributed by atoms with van der Waals surface area (Å²) in [5.74, 6) is -0.978. The van der Waals surface area contributed by atoms with E-state index in [1.165, 1.54) is 31.2 Å². The quantitative estimate of drug-likeness (QED) is 0.540. The first-order valence-corrected chi connectivity index (χ1v) is 9.38. The van der Waals surface area contributed by atoms with Crippen LogP contribution in [0.15, 0.2) is 48.5 Å². The number of likely N-dealkylation sites (tertiary alicyclic amines) is 1. The standard InChI is InChI=1S/C21H23N3O6/c1-13(25)22-15-4-6-16(7-5-15)23-20(27)12-24-10-18(26)19(11-24)30-17-8-2-14(3-9-17)21(28)29/h2-9,18-19,26H,10-12H2,1H3,(H,22,25)(H,23,27)(H,28,29)/t18-,19-/m1/s1. The Balaban J connectivity index is 1.49. The summed E-state index contributed by atoms with van der Waals surface area (Å²) in [4.78, 5) is 36.0. The van der Waals surface area contributed by atoms with Gasteiger partial charge in [-0.1, -0.05) is 0 Å². The van der Waals surface area contributed by atoms with Crippen molar-refractivity contribution in [1.29, 1.82) is 0 Å². The zero-order valence-electron chi connectivity index (χ0n) is 16.4. The molecule has 0 bridgehead atoms. The maximum absolute atomic E-state index is 12.3. The van der Waals surface area contributed by atoms with Gasteiger partial charge in [0.05, 0.1) is 12.1 Å². The Morgan fingerprint density at radius 1 is 1.00 bits per heavy atom. The second kappa shape index (κ2) is 9.38. The van der Waals surface area contributed by atoms with Crippen molar-refractivity contribution in [2.75, 3.05) is 30.3 Å². The number of hydrogen-bond donors (Lipinski definition) is 4. The zero-order chi connectivity index (χ0) is 21.7. The van der Waals surface area contributed by atoms with Crippen molar-refractivity contribution in [2.24, 2.45) is 0 Å². The number of rotatable bonds is 7. The number of aliphatic hydroxyl groups is 1. The van der Waals surface area contributed by atoms with E-state index in [0.717, 1.165) is 0 Å². The van der Waals surface area contributed by atoms with E-state index in [9.17, 15) is 19.5 Å². The minimum Gasteiger partial charge on any atom is -0.486 e. The van der Waals surface area contributed by atoms with E-state index in [-0.39, 0.29) is 30.5 Å². The number of carbonyl (C=O) groups is 3. The molecule has 2 aromatic rings. The molecule has 1 fully saturated rings. The topological polar surface area (TPSA) is 128 Å². The molecule has 0 aromatic heterocycles. The lowest BCUT2D eigenvalue weighted by molar-refractivity contribution is -0.117. The van der Waals surface area contributed by atoms with Crippen LogP contribution in [-0.2, 0) is 9.59 Å². The molecule has 9 heteroatoms. The lowest BCUT2D eigenvalue weighted by Gasteiger charge is -2.17. The Bertz CT molecular complexity index is 913. The van der Waals surface area contributed by atoms with Crippen molar-refractivity contribution in [3.8, 4) is 5.75 Å². The highest BCUT2D eigenvalue weighted by Gasteiger charge is 2.33. The highest BCUT2D eigenvalue weighted by Crippen LogP contribution is 2.20. The average molecular weight is 413 g/mol. The number of aromatic carboxylic acids is 1. The maximum atomic E-state index is 12.3. The van der Waals surface area contributed by atoms with Crippen LogP contribution in [0.1, 0.15) is 17.3 Å². The number of benzene rings is 2. The average Bonchev–Trinajstić information content (AvgIpc) is 3.02. The number of amides is 2. The summed E-state index contributed by atoms with van der Waals surface area (Å²) in [5, 5.41) is 24.6. The number of hydrogen-bond acceptors (Lipinski definition) is 6. The summed E-state index contributed by atoms with van der Waals surface area (Å²) >= 11 is 0. The van der Waals surface area contributed by atoms with Gasteiger partial charge in [-0.25, -0.2) is 4.79 Å². The Morgan fingerprint density at radius 2 is 1.60 bits per heavy atom. The van der Waals surface area contributed by atoms with E-state index < -0.39 is 18.2 Å². The minimum absolute atomic E-state index is 0.0856. The Kier molecular flexibility index (Phi) is 6.65. The molecule has 1 saturated heterocycles. The summed E-state index contributed by atoms with van der Waals surface area (Å²) in [7, 11) is 0. The van der Waals surface area contributed by atoms with Crippen LogP contribution in [0.5, 0.6) is 5.75 Å². The second-order valence-electron chi connectivity index (χ2n) is 7.05. The normalized spacial score (nSPS) is 18.6. The third-order valence-electron chi connectivity index (χ3n) is 4.56. The summed E-state index contributed by atoms with van der Waals surface area (Å²) in [6, 6.07) is 12.7. The first-order chi connectivity index (χ1) is 14.3. The molecular formula is C21H23N3O6. The van der Waals surface area contributed by atoms with E-state index in [0.29, 0.717) is 23.7 Å². The van der Waals surface area contributed by atoms with Crippen molar-refractivity contribution in [2.45, 2.75) is 19.1 Å². The van der Waals surface area contributed by atoms with Crippen molar-refractivity contribution < 1.29 is 29.3 Å². The fraction of sp³-hybridized carbons (Fsp3) is 0.286. The Labute approximate surface area is 173 Å². The van der Waals surface area contributed by atoms with Gasteiger partial charge in [0.25, 0.3) is 0 Å². The van der Waals surface area contributed by atoms with Crippen LogP contribution in [0.3, 0.4) is 0 Å². The number of carboxylic acids is 1. The molecule has 1 heterocycles. The molecule has 4 N–H and O–H groups in total. The van der Waals surface area contributed by atoms with Crippen molar-refractivity contribution in [3.05, 3.63) is 54.1 Å². The molecule has 3 rings (SSSR count). The summed E-state index contributed by atoms with van der Waals surface area (Å²) < 4.78 is 5.75. The lowest BCUT2D eigenvalue weighted by atomic mass is 10.2. The summed E-state index contributed by atoms with van der Waals surface area (Å²) in [6.07, 6.45) is -1.29. The third-order valence-corrected chi connectivity index (χ3v) is 4.56. The van der Waals surface area contributed by atoms with Crippen LogP contribution < -0.4 is 15.4 Å². The maximum Gasteiger partial charge on any atom is 0.335 e. The molecule has 0 saturated carbocycles. The number of β-amino-alcohol motifs (C(OH)–C–C–N with tert-alkyl or cyclic N) is 1. The monoisotopic (exact) mass is 413 g/mol. The number of anilines is 2. The molecule has 2 atom stereocenters. The van der Waals surface area contributed by atoms with E-state index in [1.807, 2.05) is 0 Å². The van der Waals surface area contributed by atoms with Gasteiger partial charge in [-0.15, -0.1) is 0 Å². The summed E-state index contributed by atoms with van der Waals surface area (Å²) in [5.41, 5.74) is 1.39. The van der Waals surface area contributed by atoms with Crippen LogP contribution in [0.4, 0.5) is 11.4 Å². The van der Waals surface area contributed by atoms with Crippen molar-refractivity contribution in [3.63, 3.8) is 0 Å². The van der Waals surface area contributed by atoms with Crippen LogP contribution in [0.2, 0.25) is 0 Å². The number of carboxylic acid groups (broad SMARTS) is 1. The van der Waals surface area contributed by atoms with Crippen LogP contribution >= 0.6 is 0 Å². The van der Waals surface area contributed by atoms with E-state index in [2.05, 4.69) is 10.6 Å². The van der Waals surface area contributed by atoms with Gasteiger partial charge in [-0.05, 0) is 48.5 Å². The van der Waals surface area contributed by atoms with Gasteiger partial charge in [0, 0.05) is 31.4 Å². The highest BCUT2D eigenvalue weighted by molar-refractivity contribution is 5.93. The molecule has 1 aliphatic rings. The molecule has 0 unspecified atom stereocenters. The predicted octanol–water partition coefficient (Wildman–Crippen LogP) is 1.41. The number of aliphatic hydroxyl groups excluding tert-OH is 1. The lowest BCUT2D eigenvalue weighted by Crippen LogP contribution is -2.33. The number of ether oxygens (including phenoxy) is 1. The molecular weight excluding hydrogens is 390 g/mol. The van der Waals surface area contributed by atoms with Gasteiger partial charge in [-0.3, -0.25) is 14.5 Å². The molecule has 1 aliphatic heterocycles. The first-order valence-electron chi connectivity index (χ1n) is 9.38. The van der Waals surface area contributed by atoms with E-state index in [1.54, 1.807) is 29.2 Å². The fourth-order valence-electron chi connectivity index (χ4n) is 3.17. The molecule has 2 amide bonds. The van der Waals surface area contributed by atoms with Gasteiger partial charge < -0.3 is 25.6 Å². The van der Waals surface area contributed by atoms with Gasteiger partial charge in [0.15, 0.2) is 0 Å². The highest BCUT2D eigenvalue weighted by atomic mass is 16.5. The van der Waals surface area contributed by atoms with Gasteiger partial charge in [-0.2, -0.15) is 0 Å².